The Bertz CT molecular complexity index is 1300. The van der Waals surface area contributed by atoms with Gasteiger partial charge in [0.1, 0.15) is 5.75 Å². The van der Waals surface area contributed by atoms with Crippen LogP contribution in [-0.2, 0) is 25.7 Å². The fourth-order valence-electron chi connectivity index (χ4n) is 7.52. The number of phenols is 1. The number of nitrogens with one attached hydrogen (secondary N) is 1. The number of aromatic hydroxyl groups is 1. The Morgan fingerprint density at radius 3 is 2.23 bits per heavy atom. The molecule has 0 radical (unpaired) electrons. The van der Waals surface area contributed by atoms with E-state index >= 15 is 0 Å². The van der Waals surface area contributed by atoms with Crippen molar-refractivity contribution in [2.45, 2.75) is 88.8 Å². The Labute approximate surface area is 239 Å². The summed E-state index contributed by atoms with van der Waals surface area (Å²) in [5.74, 6) is 2.24. The highest BCUT2D eigenvalue weighted by Gasteiger charge is 2.38. The van der Waals surface area contributed by atoms with Crippen LogP contribution in [0.1, 0.15) is 72.8 Å². The van der Waals surface area contributed by atoms with Crippen LogP contribution < -0.4 is 14.8 Å². The highest BCUT2D eigenvalue weighted by molar-refractivity contribution is 5.63. The summed E-state index contributed by atoms with van der Waals surface area (Å²) in [6.45, 7) is 3.47. The monoisotopic (exact) mass is 540 g/mol. The molecule has 2 bridgehead atoms. The number of nitrogens with zero attached hydrogens (tertiary/aromatic N) is 1. The lowest BCUT2D eigenvalue weighted by molar-refractivity contribution is 0.256. The van der Waals surface area contributed by atoms with Crippen LogP contribution in [0.2, 0.25) is 0 Å². The summed E-state index contributed by atoms with van der Waals surface area (Å²) in [4.78, 5) is 2.77. The van der Waals surface area contributed by atoms with E-state index in [4.69, 9.17) is 9.47 Å². The van der Waals surface area contributed by atoms with E-state index in [2.05, 4.69) is 59.6 Å². The molecule has 2 fully saturated rings. The quantitative estimate of drug-likeness (QED) is 0.293. The Morgan fingerprint density at radius 2 is 1.52 bits per heavy atom. The van der Waals surface area contributed by atoms with Gasteiger partial charge in [-0.05, 0) is 117 Å². The summed E-state index contributed by atoms with van der Waals surface area (Å²) in [5.41, 5.74) is 7.78. The largest absolute Gasteiger partial charge is 0.508 e. The van der Waals surface area contributed by atoms with Gasteiger partial charge in [-0.3, -0.25) is 4.90 Å². The van der Waals surface area contributed by atoms with Gasteiger partial charge in [-0.1, -0.05) is 30.3 Å². The third-order valence-corrected chi connectivity index (χ3v) is 9.64. The van der Waals surface area contributed by atoms with Crippen LogP contribution in [0.5, 0.6) is 17.2 Å². The van der Waals surface area contributed by atoms with E-state index in [0.29, 0.717) is 11.7 Å². The Morgan fingerprint density at radius 1 is 0.850 bits per heavy atom. The smallest absolute Gasteiger partial charge is 0.162 e. The first-order valence-corrected chi connectivity index (χ1v) is 15.2. The van der Waals surface area contributed by atoms with Gasteiger partial charge in [-0.2, -0.15) is 0 Å². The van der Waals surface area contributed by atoms with E-state index in [1.54, 1.807) is 20.3 Å². The van der Waals surface area contributed by atoms with E-state index in [0.717, 1.165) is 61.4 Å². The molecule has 5 nitrogen and oxygen atoms in total. The van der Waals surface area contributed by atoms with Crippen molar-refractivity contribution in [1.29, 1.82) is 0 Å². The van der Waals surface area contributed by atoms with E-state index in [1.165, 1.54) is 60.0 Å². The lowest BCUT2D eigenvalue weighted by Crippen LogP contribution is -2.30. The van der Waals surface area contributed by atoms with Crippen molar-refractivity contribution in [3.05, 3.63) is 82.4 Å². The molecule has 2 N–H and O–H groups in total. The fourth-order valence-corrected chi connectivity index (χ4v) is 7.52. The van der Waals surface area contributed by atoms with Gasteiger partial charge in [-0.15, -0.1) is 0 Å². The average molecular weight is 541 g/mol. The second-order valence-electron chi connectivity index (χ2n) is 12.2. The molecule has 3 aromatic carbocycles. The lowest BCUT2D eigenvalue weighted by Gasteiger charge is -2.29. The average Bonchev–Trinajstić information content (AvgIpc) is 3.55. The van der Waals surface area contributed by atoms with Crippen LogP contribution in [0.4, 0.5) is 5.69 Å². The van der Waals surface area contributed by atoms with Crippen LogP contribution in [0, 0.1) is 0 Å². The second-order valence-corrected chi connectivity index (χ2v) is 12.2. The summed E-state index contributed by atoms with van der Waals surface area (Å²) in [6.07, 6.45) is 10.7. The Balaban J connectivity index is 1.13. The SMILES string of the molecule is COc1cc(NC(C)Cc2ccc(CCN3C4CCC3CC4)cc2)c(C2CCc3cc(O)ccc3C2)cc1OC. The van der Waals surface area contributed by atoms with Gasteiger partial charge in [0.2, 0.25) is 0 Å². The third-order valence-electron chi connectivity index (χ3n) is 9.64. The van der Waals surface area contributed by atoms with E-state index in [-0.39, 0.29) is 6.04 Å². The van der Waals surface area contributed by atoms with Crippen LogP contribution in [-0.4, -0.2) is 48.9 Å². The molecule has 0 spiro atoms. The molecule has 2 heterocycles. The number of phenolic OH excluding ortho intramolecular Hbond substituents is 1. The molecular formula is C35H44N2O3. The number of hydrogen-bond acceptors (Lipinski definition) is 5. The highest BCUT2D eigenvalue weighted by Crippen LogP contribution is 2.42. The van der Waals surface area contributed by atoms with Crippen molar-refractivity contribution in [1.82, 2.24) is 4.90 Å². The molecule has 1 aliphatic carbocycles. The normalized spacial score (nSPS) is 22.6. The molecule has 3 aromatic rings. The number of methoxy groups -OCH3 is 2. The van der Waals surface area contributed by atoms with Gasteiger partial charge in [0, 0.05) is 36.4 Å². The molecule has 2 unspecified atom stereocenters. The summed E-state index contributed by atoms with van der Waals surface area (Å²) >= 11 is 0. The Hall–Kier alpha value is -3.18. The number of aryl methyl sites for hydroxylation is 1. The van der Waals surface area contributed by atoms with Crippen LogP contribution >= 0.6 is 0 Å². The van der Waals surface area contributed by atoms with Gasteiger partial charge in [0.15, 0.2) is 11.5 Å². The maximum atomic E-state index is 9.93. The van der Waals surface area contributed by atoms with Crippen LogP contribution in [0.25, 0.3) is 0 Å². The topological polar surface area (TPSA) is 54.0 Å². The molecule has 0 amide bonds. The zero-order valence-electron chi connectivity index (χ0n) is 24.3. The zero-order valence-corrected chi connectivity index (χ0v) is 24.3. The minimum absolute atomic E-state index is 0.260. The Kier molecular flexibility index (Phi) is 7.93. The fraction of sp³-hybridized carbons (Fsp3) is 0.486. The first-order valence-electron chi connectivity index (χ1n) is 15.2. The van der Waals surface area contributed by atoms with Gasteiger partial charge < -0.3 is 19.9 Å². The number of benzene rings is 3. The van der Waals surface area contributed by atoms with Crippen molar-refractivity contribution in [2.75, 3.05) is 26.1 Å². The van der Waals surface area contributed by atoms with Crippen LogP contribution in [0.3, 0.4) is 0 Å². The molecule has 6 rings (SSSR count). The van der Waals surface area contributed by atoms with Crippen molar-refractivity contribution in [3.8, 4) is 17.2 Å². The van der Waals surface area contributed by atoms with Crippen molar-refractivity contribution in [3.63, 3.8) is 0 Å². The van der Waals surface area contributed by atoms with E-state index in [9.17, 15) is 5.11 Å². The number of fused-ring (bicyclic) bond motifs is 3. The maximum absolute atomic E-state index is 9.93. The van der Waals surface area contributed by atoms with E-state index < -0.39 is 0 Å². The van der Waals surface area contributed by atoms with Crippen molar-refractivity contribution >= 4 is 5.69 Å². The lowest BCUT2D eigenvalue weighted by atomic mass is 9.79. The molecule has 2 aliphatic heterocycles. The molecular weight excluding hydrogens is 496 g/mol. The predicted molar refractivity (Wildman–Crippen MR) is 162 cm³/mol. The molecule has 5 heteroatoms. The number of rotatable bonds is 10. The molecule has 2 saturated heterocycles. The zero-order chi connectivity index (χ0) is 27.6. The second kappa shape index (κ2) is 11.7. The maximum Gasteiger partial charge on any atom is 0.162 e. The number of hydrogen-bond donors (Lipinski definition) is 2. The molecule has 0 saturated carbocycles. The first kappa shape index (κ1) is 27.0. The van der Waals surface area contributed by atoms with E-state index in [1.807, 2.05) is 6.07 Å². The predicted octanol–water partition coefficient (Wildman–Crippen LogP) is 6.89. The van der Waals surface area contributed by atoms with Gasteiger partial charge >= 0.3 is 0 Å². The standard InChI is InChI=1S/C35H44N2O3/c1-23(18-25-6-4-24(5-7-25)16-17-37-29-11-12-30(37)14-13-29)36-33-22-35(40-3)34(39-2)21-32(33)28-9-8-27-20-31(38)15-10-26(27)19-28/h4-7,10,15,20-23,28-30,36,38H,8-9,11-14,16-19H2,1-3H3. The summed E-state index contributed by atoms with van der Waals surface area (Å²) in [5, 5.41) is 13.8. The van der Waals surface area contributed by atoms with Crippen molar-refractivity contribution in [2.24, 2.45) is 0 Å². The first-order chi connectivity index (χ1) is 19.5. The minimum Gasteiger partial charge on any atom is -0.508 e. The van der Waals surface area contributed by atoms with Gasteiger partial charge in [0.25, 0.3) is 0 Å². The van der Waals surface area contributed by atoms with Crippen LogP contribution in [0.15, 0.2) is 54.6 Å². The number of anilines is 1. The molecule has 2 atom stereocenters. The van der Waals surface area contributed by atoms with Gasteiger partial charge in [0.05, 0.1) is 14.2 Å². The summed E-state index contributed by atoms with van der Waals surface area (Å²) in [6, 6.07) is 21.3. The molecule has 212 valence electrons. The molecule has 0 aromatic heterocycles. The number of ether oxygens (including phenoxy) is 2. The summed E-state index contributed by atoms with van der Waals surface area (Å²) in [7, 11) is 3.40. The molecule has 3 aliphatic rings. The van der Waals surface area contributed by atoms with Crippen molar-refractivity contribution < 1.29 is 14.6 Å². The minimum atomic E-state index is 0.260. The highest BCUT2D eigenvalue weighted by atomic mass is 16.5. The third kappa shape index (κ3) is 5.67. The summed E-state index contributed by atoms with van der Waals surface area (Å²) < 4.78 is 11.4. The molecule has 40 heavy (non-hydrogen) atoms. The van der Waals surface area contributed by atoms with Gasteiger partial charge in [-0.25, -0.2) is 0 Å².